The van der Waals surface area contributed by atoms with Crippen molar-refractivity contribution in [3.05, 3.63) is 0 Å². The van der Waals surface area contributed by atoms with Crippen molar-refractivity contribution in [3.8, 4) is 0 Å². The third-order valence-electron chi connectivity index (χ3n) is 6.31. The molecule has 0 unspecified atom stereocenters. The minimum absolute atomic E-state index is 0.132. The molecule has 7 nitrogen and oxygen atoms in total. The fourth-order valence-corrected chi connectivity index (χ4v) is 6.61. The third-order valence-corrected chi connectivity index (χ3v) is 7.35. The van der Waals surface area contributed by atoms with Crippen LogP contribution in [0.15, 0.2) is 0 Å². The molecule has 0 N–H and O–H groups in total. The number of rotatable bonds is 7. The van der Waals surface area contributed by atoms with Crippen LogP contribution in [0.2, 0.25) is 19.6 Å². The number of carbonyl (C=O) groups is 2. The lowest BCUT2D eigenvalue weighted by Gasteiger charge is -2.58. The Morgan fingerprint density at radius 3 is 2.11 bits per heavy atom. The molecule has 2 aliphatic rings. The first-order chi connectivity index (χ1) is 13.0. The maximum absolute atomic E-state index is 13.1. The van der Waals surface area contributed by atoms with Crippen molar-refractivity contribution in [1.82, 2.24) is 0 Å². The molecule has 0 aromatic carbocycles. The van der Waals surface area contributed by atoms with E-state index in [4.69, 9.17) is 23.4 Å². The largest absolute Gasteiger partial charge is 0.468 e. The minimum atomic E-state index is -1.90. The van der Waals surface area contributed by atoms with Gasteiger partial charge in [-0.05, 0) is 51.2 Å². The molecule has 28 heavy (non-hydrogen) atoms. The number of carbonyl (C=O) groups excluding carboxylic acids is 2. The summed E-state index contributed by atoms with van der Waals surface area (Å²) in [6, 6.07) is 0. The standard InChI is InChI=1S/C20H36O7Si/c1-19-11-14(27-28(5,6)7)12-20(17(21)24-3,18(22)25-4)15(19)9-8-10-16(19)26-13-23-2/h14-16H,8-13H2,1-7H3/t14-,15+,16-,19-/m1/s1. The van der Waals surface area contributed by atoms with Crippen LogP contribution in [-0.4, -0.2) is 60.6 Å². The van der Waals surface area contributed by atoms with Gasteiger partial charge in [-0.2, -0.15) is 0 Å². The normalized spacial score (nSPS) is 32.3. The van der Waals surface area contributed by atoms with E-state index >= 15 is 0 Å². The van der Waals surface area contributed by atoms with Crippen molar-refractivity contribution in [1.29, 1.82) is 0 Å². The molecule has 8 heteroatoms. The smallest absolute Gasteiger partial charge is 0.323 e. The minimum Gasteiger partial charge on any atom is -0.468 e. The number of esters is 2. The van der Waals surface area contributed by atoms with Crippen LogP contribution >= 0.6 is 0 Å². The molecule has 2 fully saturated rings. The summed E-state index contributed by atoms with van der Waals surface area (Å²) in [5, 5.41) is 0. The maximum atomic E-state index is 13.1. The molecule has 2 saturated carbocycles. The van der Waals surface area contributed by atoms with Gasteiger partial charge >= 0.3 is 11.9 Å². The lowest BCUT2D eigenvalue weighted by molar-refractivity contribution is -0.216. The monoisotopic (exact) mass is 416 g/mol. The van der Waals surface area contributed by atoms with E-state index in [0.29, 0.717) is 0 Å². The summed E-state index contributed by atoms with van der Waals surface area (Å²) < 4.78 is 27.9. The molecular weight excluding hydrogens is 380 g/mol. The molecule has 0 heterocycles. The molecule has 2 rings (SSSR count). The molecule has 162 valence electrons. The van der Waals surface area contributed by atoms with Gasteiger partial charge in [-0.15, -0.1) is 0 Å². The summed E-state index contributed by atoms with van der Waals surface area (Å²) in [5.74, 6) is -1.31. The number of methoxy groups -OCH3 is 3. The van der Waals surface area contributed by atoms with Gasteiger partial charge in [0.2, 0.25) is 0 Å². The van der Waals surface area contributed by atoms with Crippen LogP contribution in [0.25, 0.3) is 0 Å². The Kier molecular flexibility index (Phi) is 7.34. The zero-order valence-electron chi connectivity index (χ0n) is 18.3. The van der Waals surface area contributed by atoms with Crippen LogP contribution < -0.4 is 0 Å². The van der Waals surface area contributed by atoms with Gasteiger partial charge in [0.1, 0.15) is 6.79 Å². The summed E-state index contributed by atoms with van der Waals surface area (Å²) >= 11 is 0. The van der Waals surface area contributed by atoms with Crippen molar-refractivity contribution in [3.63, 3.8) is 0 Å². The van der Waals surface area contributed by atoms with Gasteiger partial charge in [0.05, 0.1) is 20.3 Å². The summed E-state index contributed by atoms with van der Waals surface area (Å²) in [6.45, 7) is 8.62. The lowest BCUT2D eigenvalue weighted by atomic mass is 9.49. The van der Waals surface area contributed by atoms with E-state index in [9.17, 15) is 9.59 Å². The Hall–Kier alpha value is -0.963. The average molecular weight is 417 g/mol. The summed E-state index contributed by atoms with van der Waals surface area (Å²) in [7, 11) is 2.34. The van der Waals surface area contributed by atoms with Gasteiger partial charge < -0.3 is 23.4 Å². The van der Waals surface area contributed by atoms with Crippen LogP contribution in [-0.2, 0) is 33.0 Å². The molecule has 4 atom stereocenters. The van der Waals surface area contributed by atoms with Crippen molar-refractivity contribution in [2.75, 3.05) is 28.1 Å². The lowest BCUT2D eigenvalue weighted by Crippen LogP contribution is -2.63. The molecule has 0 amide bonds. The fourth-order valence-electron chi connectivity index (χ4n) is 5.44. The van der Waals surface area contributed by atoms with Crippen LogP contribution in [0.1, 0.15) is 39.0 Å². The van der Waals surface area contributed by atoms with Gasteiger partial charge in [-0.1, -0.05) is 13.3 Å². The van der Waals surface area contributed by atoms with Gasteiger partial charge in [-0.3, -0.25) is 9.59 Å². The molecule has 0 aromatic heterocycles. The van der Waals surface area contributed by atoms with E-state index < -0.39 is 31.1 Å². The van der Waals surface area contributed by atoms with Crippen molar-refractivity contribution < 1.29 is 33.0 Å². The molecule has 0 saturated heterocycles. The Morgan fingerprint density at radius 2 is 1.61 bits per heavy atom. The Balaban J connectivity index is 2.55. The fraction of sp³-hybridized carbons (Fsp3) is 0.900. The molecule has 0 radical (unpaired) electrons. The van der Waals surface area contributed by atoms with Crippen LogP contribution in [0.5, 0.6) is 0 Å². The van der Waals surface area contributed by atoms with Crippen molar-refractivity contribution >= 4 is 20.3 Å². The SMILES string of the molecule is COCO[C@@H]1CCC[C@@H]2C(C(=O)OC)(C(=O)OC)C[C@H](O[Si](C)(C)C)C[C@]21C. The predicted octanol–water partition coefficient (Wildman–Crippen LogP) is 3.13. The van der Waals surface area contributed by atoms with E-state index in [2.05, 4.69) is 26.6 Å². The average Bonchev–Trinajstić information content (AvgIpc) is 2.62. The zero-order valence-corrected chi connectivity index (χ0v) is 19.3. The van der Waals surface area contributed by atoms with Crippen LogP contribution in [0.3, 0.4) is 0 Å². The maximum Gasteiger partial charge on any atom is 0.323 e. The van der Waals surface area contributed by atoms with Gasteiger partial charge in [0.25, 0.3) is 0 Å². The third kappa shape index (κ3) is 4.29. The Bertz CT molecular complexity index is 557. The second-order valence-electron chi connectivity index (χ2n) is 9.27. The number of hydrogen-bond donors (Lipinski definition) is 0. The molecule has 0 aromatic rings. The molecule has 0 aliphatic heterocycles. The van der Waals surface area contributed by atoms with E-state index in [1.807, 2.05) is 0 Å². The summed E-state index contributed by atoms with van der Waals surface area (Å²) in [5.41, 5.74) is -1.81. The highest BCUT2D eigenvalue weighted by Crippen LogP contribution is 2.60. The highest BCUT2D eigenvalue weighted by Gasteiger charge is 2.66. The van der Waals surface area contributed by atoms with E-state index in [1.54, 1.807) is 7.11 Å². The molecule has 0 bridgehead atoms. The zero-order chi connectivity index (χ0) is 21.2. The highest BCUT2D eigenvalue weighted by molar-refractivity contribution is 6.69. The highest BCUT2D eigenvalue weighted by atomic mass is 28.4. The summed E-state index contributed by atoms with van der Waals surface area (Å²) in [6.07, 6.45) is 3.11. The Labute approximate surface area is 169 Å². The first kappa shape index (κ1) is 23.3. The Morgan fingerprint density at radius 1 is 1.00 bits per heavy atom. The van der Waals surface area contributed by atoms with E-state index in [1.165, 1.54) is 14.2 Å². The molecule has 2 aliphatic carbocycles. The van der Waals surface area contributed by atoms with E-state index in [0.717, 1.165) is 25.7 Å². The van der Waals surface area contributed by atoms with Crippen LogP contribution in [0, 0.1) is 16.7 Å². The van der Waals surface area contributed by atoms with Crippen molar-refractivity contribution in [2.45, 2.75) is 70.9 Å². The number of hydrogen-bond acceptors (Lipinski definition) is 7. The van der Waals surface area contributed by atoms with Crippen LogP contribution in [0.4, 0.5) is 0 Å². The predicted molar refractivity (Wildman–Crippen MR) is 106 cm³/mol. The quantitative estimate of drug-likeness (QED) is 0.273. The van der Waals surface area contributed by atoms with Gasteiger partial charge in [0.15, 0.2) is 13.7 Å². The van der Waals surface area contributed by atoms with Crippen molar-refractivity contribution in [2.24, 2.45) is 16.7 Å². The van der Waals surface area contributed by atoms with Gasteiger partial charge in [0, 0.05) is 18.6 Å². The first-order valence-electron chi connectivity index (χ1n) is 10.0. The molecule has 0 spiro atoms. The second kappa shape index (κ2) is 8.81. The topological polar surface area (TPSA) is 80.3 Å². The number of fused-ring (bicyclic) bond motifs is 1. The number of ether oxygens (including phenoxy) is 4. The first-order valence-corrected chi connectivity index (χ1v) is 13.4. The summed E-state index contributed by atoms with van der Waals surface area (Å²) in [4.78, 5) is 26.2. The molecular formula is C20H36O7Si. The second-order valence-corrected chi connectivity index (χ2v) is 13.7. The van der Waals surface area contributed by atoms with Gasteiger partial charge in [-0.25, -0.2) is 0 Å². The van der Waals surface area contributed by atoms with E-state index in [-0.39, 0.29) is 31.3 Å².